The van der Waals surface area contributed by atoms with Gasteiger partial charge in [0.15, 0.2) is 0 Å². The summed E-state index contributed by atoms with van der Waals surface area (Å²) in [5, 5.41) is 12.7. The Bertz CT molecular complexity index is 437. The van der Waals surface area contributed by atoms with E-state index in [1.807, 2.05) is 19.1 Å². The first-order valence-electron chi connectivity index (χ1n) is 5.56. The number of anilines is 1. The monoisotopic (exact) mass is 254 g/mol. The lowest BCUT2D eigenvalue weighted by Crippen LogP contribution is -2.33. The Kier molecular flexibility index (Phi) is 3.54. The fourth-order valence-corrected chi connectivity index (χ4v) is 1.98. The van der Waals surface area contributed by atoms with E-state index in [2.05, 4.69) is 5.32 Å². The lowest BCUT2D eigenvalue weighted by atomic mass is 10.2. The highest BCUT2D eigenvalue weighted by atomic mass is 35.5. The minimum absolute atomic E-state index is 0.193. The molecule has 1 saturated heterocycles. The van der Waals surface area contributed by atoms with Crippen LogP contribution in [0.25, 0.3) is 0 Å². The molecule has 2 amide bonds. The second kappa shape index (κ2) is 4.94. The van der Waals surface area contributed by atoms with Crippen molar-refractivity contribution in [1.82, 2.24) is 4.90 Å². The number of hydrogen-bond acceptors (Lipinski definition) is 2. The van der Waals surface area contributed by atoms with Crippen molar-refractivity contribution >= 4 is 23.3 Å². The topological polar surface area (TPSA) is 52.6 Å². The number of nitrogens with zero attached hydrogens (tertiary/aromatic N) is 1. The fraction of sp³-hybridized carbons (Fsp3) is 0.417. The summed E-state index contributed by atoms with van der Waals surface area (Å²) in [5.41, 5.74) is 1.65. The molecule has 1 heterocycles. The van der Waals surface area contributed by atoms with Gasteiger partial charge in [0.05, 0.1) is 6.10 Å². The van der Waals surface area contributed by atoms with E-state index in [4.69, 9.17) is 11.6 Å². The van der Waals surface area contributed by atoms with Gasteiger partial charge in [0, 0.05) is 23.8 Å². The van der Waals surface area contributed by atoms with Crippen molar-refractivity contribution < 1.29 is 9.90 Å². The van der Waals surface area contributed by atoms with Gasteiger partial charge in [-0.25, -0.2) is 4.79 Å². The van der Waals surface area contributed by atoms with Gasteiger partial charge in [-0.3, -0.25) is 0 Å². The Morgan fingerprint density at radius 2 is 2.35 bits per heavy atom. The zero-order valence-corrected chi connectivity index (χ0v) is 10.4. The summed E-state index contributed by atoms with van der Waals surface area (Å²) in [7, 11) is 0. The standard InChI is InChI=1S/C12H15ClN2O2/c1-8-2-3-9(6-11(8)13)14-12(17)15-5-4-10(16)7-15/h2-3,6,10,16H,4-5,7H2,1H3,(H,14,17). The number of amides is 2. The lowest BCUT2D eigenvalue weighted by Gasteiger charge is -2.16. The van der Waals surface area contributed by atoms with E-state index in [-0.39, 0.29) is 6.03 Å². The van der Waals surface area contributed by atoms with Gasteiger partial charge in [-0.1, -0.05) is 17.7 Å². The van der Waals surface area contributed by atoms with Gasteiger partial charge >= 0.3 is 6.03 Å². The predicted molar refractivity (Wildman–Crippen MR) is 67.4 cm³/mol. The van der Waals surface area contributed by atoms with Crippen LogP contribution in [0.1, 0.15) is 12.0 Å². The van der Waals surface area contributed by atoms with E-state index < -0.39 is 6.10 Å². The van der Waals surface area contributed by atoms with Crippen molar-refractivity contribution in [1.29, 1.82) is 0 Å². The first-order valence-corrected chi connectivity index (χ1v) is 5.94. The molecule has 92 valence electrons. The number of β-amino-alcohol motifs (C(OH)–C–C–N with tert-alkyl or cyclic N) is 1. The van der Waals surface area contributed by atoms with Crippen LogP contribution < -0.4 is 5.32 Å². The average Bonchev–Trinajstić information content (AvgIpc) is 2.70. The molecule has 1 aromatic rings. The highest BCUT2D eigenvalue weighted by Crippen LogP contribution is 2.20. The smallest absolute Gasteiger partial charge is 0.321 e. The Hall–Kier alpha value is -1.26. The van der Waals surface area contributed by atoms with Crippen LogP contribution in [0.4, 0.5) is 10.5 Å². The average molecular weight is 255 g/mol. The third kappa shape index (κ3) is 2.90. The van der Waals surface area contributed by atoms with Crippen molar-refractivity contribution in [3.8, 4) is 0 Å². The number of carbonyl (C=O) groups is 1. The molecule has 4 nitrogen and oxygen atoms in total. The van der Waals surface area contributed by atoms with Gasteiger partial charge in [0.1, 0.15) is 0 Å². The van der Waals surface area contributed by atoms with E-state index in [1.54, 1.807) is 11.0 Å². The molecule has 0 spiro atoms. The number of rotatable bonds is 1. The highest BCUT2D eigenvalue weighted by Gasteiger charge is 2.24. The SMILES string of the molecule is Cc1ccc(NC(=O)N2CCC(O)C2)cc1Cl. The number of benzene rings is 1. The predicted octanol–water partition coefficient (Wildman–Crippen LogP) is 2.25. The number of aliphatic hydroxyl groups is 1. The first kappa shape index (κ1) is 12.2. The van der Waals surface area contributed by atoms with Crippen molar-refractivity contribution in [3.05, 3.63) is 28.8 Å². The van der Waals surface area contributed by atoms with Crippen LogP contribution in [-0.2, 0) is 0 Å². The molecule has 1 atom stereocenters. The van der Waals surface area contributed by atoms with Crippen LogP contribution >= 0.6 is 11.6 Å². The molecule has 2 rings (SSSR count). The molecule has 1 aromatic carbocycles. The van der Waals surface area contributed by atoms with Crippen LogP contribution in [0.3, 0.4) is 0 Å². The van der Waals surface area contributed by atoms with Gasteiger partial charge in [-0.15, -0.1) is 0 Å². The van der Waals surface area contributed by atoms with Crippen molar-refractivity contribution in [2.75, 3.05) is 18.4 Å². The Balaban J connectivity index is 2.00. The molecule has 0 saturated carbocycles. The molecule has 2 N–H and O–H groups in total. The maximum atomic E-state index is 11.8. The minimum atomic E-state index is -0.401. The number of likely N-dealkylation sites (tertiary alicyclic amines) is 1. The van der Waals surface area contributed by atoms with Crippen LogP contribution in [0, 0.1) is 6.92 Å². The number of carbonyl (C=O) groups excluding carboxylic acids is 1. The molecule has 17 heavy (non-hydrogen) atoms. The van der Waals surface area contributed by atoms with E-state index in [0.29, 0.717) is 30.2 Å². The number of hydrogen-bond donors (Lipinski definition) is 2. The normalized spacial score (nSPS) is 19.5. The van der Waals surface area contributed by atoms with Crippen LogP contribution in [0.2, 0.25) is 5.02 Å². The molecule has 1 aliphatic rings. The summed E-state index contributed by atoms with van der Waals surface area (Å²) in [6, 6.07) is 5.20. The summed E-state index contributed by atoms with van der Waals surface area (Å²) >= 11 is 5.98. The third-order valence-electron chi connectivity index (χ3n) is 2.87. The molecule has 0 bridgehead atoms. The highest BCUT2D eigenvalue weighted by molar-refractivity contribution is 6.31. The molecular weight excluding hydrogens is 240 g/mol. The van der Waals surface area contributed by atoms with Crippen molar-refractivity contribution in [2.24, 2.45) is 0 Å². The van der Waals surface area contributed by atoms with E-state index >= 15 is 0 Å². The Morgan fingerprint density at radius 3 is 2.94 bits per heavy atom. The molecule has 1 fully saturated rings. The second-order valence-corrected chi connectivity index (χ2v) is 4.69. The van der Waals surface area contributed by atoms with E-state index in [0.717, 1.165) is 5.56 Å². The zero-order valence-electron chi connectivity index (χ0n) is 9.61. The minimum Gasteiger partial charge on any atom is -0.391 e. The quantitative estimate of drug-likeness (QED) is 0.808. The third-order valence-corrected chi connectivity index (χ3v) is 3.28. The lowest BCUT2D eigenvalue weighted by molar-refractivity contribution is 0.176. The van der Waals surface area contributed by atoms with E-state index in [9.17, 15) is 9.90 Å². The number of nitrogens with one attached hydrogen (secondary N) is 1. The molecule has 1 aliphatic heterocycles. The molecule has 0 radical (unpaired) electrons. The molecule has 0 aromatic heterocycles. The molecule has 5 heteroatoms. The van der Waals surface area contributed by atoms with Gasteiger partial charge in [-0.2, -0.15) is 0 Å². The van der Waals surface area contributed by atoms with Gasteiger partial charge in [-0.05, 0) is 31.0 Å². The maximum absolute atomic E-state index is 11.8. The van der Waals surface area contributed by atoms with Crippen LogP contribution in [0.15, 0.2) is 18.2 Å². The van der Waals surface area contributed by atoms with E-state index in [1.165, 1.54) is 0 Å². The van der Waals surface area contributed by atoms with Gasteiger partial charge in [0.2, 0.25) is 0 Å². The second-order valence-electron chi connectivity index (χ2n) is 4.28. The number of aryl methyl sites for hydroxylation is 1. The molecule has 0 aliphatic carbocycles. The molecule has 1 unspecified atom stereocenters. The van der Waals surface area contributed by atoms with Gasteiger partial charge in [0.25, 0.3) is 0 Å². The van der Waals surface area contributed by atoms with Crippen LogP contribution in [-0.4, -0.2) is 35.2 Å². The zero-order chi connectivity index (χ0) is 12.4. The first-order chi connectivity index (χ1) is 8.06. The van der Waals surface area contributed by atoms with Crippen molar-refractivity contribution in [2.45, 2.75) is 19.4 Å². The van der Waals surface area contributed by atoms with Crippen molar-refractivity contribution in [3.63, 3.8) is 0 Å². The van der Waals surface area contributed by atoms with Gasteiger partial charge < -0.3 is 15.3 Å². The summed E-state index contributed by atoms with van der Waals surface area (Å²) in [6.45, 7) is 2.89. The van der Waals surface area contributed by atoms with Crippen LogP contribution in [0.5, 0.6) is 0 Å². The summed E-state index contributed by atoms with van der Waals surface area (Å²) in [4.78, 5) is 13.4. The summed E-state index contributed by atoms with van der Waals surface area (Å²) in [5.74, 6) is 0. The Labute approximate surface area is 105 Å². The summed E-state index contributed by atoms with van der Waals surface area (Å²) in [6.07, 6.45) is 0.240. The number of halogens is 1. The molecular formula is C12H15ClN2O2. The number of aliphatic hydroxyl groups excluding tert-OH is 1. The largest absolute Gasteiger partial charge is 0.391 e. The Morgan fingerprint density at radius 1 is 1.59 bits per heavy atom. The summed E-state index contributed by atoms with van der Waals surface area (Å²) < 4.78 is 0. The fourth-order valence-electron chi connectivity index (χ4n) is 1.80. The number of urea groups is 1. The maximum Gasteiger partial charge on any atom is 0.321 e.